The molecular weight excluding hydrogens is 551 g/mol. The summed E-state index contributed by atoms with van der Waals surface area (Å²) >= 11 is 0. The van der Waals surface area contributed by atoms with Crippen molar-refractivity contribution in [1.29, 1.82) is 0 Å². The molecule has 2 aromatic carbocycles. The number of nitrogens with zero attached hydrogens (tertiary/aromatic N) is 2. The Hall–Kier alpha value is -3.23. The first kappa shape index (κ1) is 29.7. The van der Waals surface area contributed by atoms with Gasteiger partial charge in [-0.2, -0.15) is 26.3 Å². The zero-order valence-corrected chi connectivity index (χ0v) is 21.1. The third kappa shape index (κ3) is 6.73. The molecule has 218 valence electrons. The molecule has 2 aliphatic heterocycles. The van der Waals surface area contributed by atoms with Crippen LogP contribution in [0.15, 0.2) is 42.5 Å². The van der Waals surface area contributed by atoms with Crippen molar-refractivity contribution < 1.29 is 49.8 Å². The van der Waals surface area contributed by atoms with Crippen molar-refractivity contribution in [2.75, 3.05) is 46.0 Å². The minimum absolute atomic E-state index is 0.000973. The van der Waals surface area contributed by atoms with E-state index in [-0.39, 0.29) is 18.2 Å². The molecule has 2 aliphatic rings. The van der Waals surface area contributed by atoms with Gasteiger partial charge in [0.25, 0.3) is 5.91 Å². The molecule has 0 aliphatic carbocycles. The topological polar surface area (TPSA) is 71.1 Å². The first-order chi connectivity index (χ1) is 18.8. The van der Waals surface area contributed by atoms with Gasteiger partial charge in [0.2, 0.25) is 0 Å². The molecule has 2 heterocycles. The highest BCUT2D eigenvalue weighted by Crippen LogP contribution is 2.37. The maximum atomic E-state index is 13.6. The van der Waals surface area contributed by atoms with E-state index in [0.29, 0.717) is 51.4 Å². The van der Waals surface area contributed by atoms with E-state index in [0.717, 1.165) is 17.0 Å². The molecule has 40 heavy (non-hydrogen) atoms. The van der Waals surface area contributed by atoms with E-state index < -0.39 is 65.6 Å². The van der Waals surface area contributed by atoms with Crippen LogP contribution in [0.4, 0.5) is 35.5 Å². The Balaban J connectivity index is 1.53. The molecule has 0 saturated carbocycles. The quantitative estimate of drug-likeness (QED) is 0.350. The van der Waals surface area contributed by atoms with Crippen molar-refractivity contribution in [3.63, 3.8) is 0 Å². The number of rotatable bonds is 9. The van der Waals surface area contributed by atoms with Gasteiger partial charge in [-0.3, -0.25) is 14.6 Å². The lowest BCUT2D eigenvalue weighted by atomic mass is 9.90. The molecule has 0 aromatic heterocycles. The lowest BCUT2D eigenvalue weighted by molar-refractivity contribution is -0.143. The van der Waals surface area contributed by atoms with Crippen LogP contribution in [0.25, 0.3) is 0 Å². The summed E-state index contributed by atoms with van der Waals surface area (Å²) in [6.45, 7) is 1.86. The van der Waals surface area contributed by atoms with Gasteiger partial charge in [-0.25, -0.2) is 9.18 Å². The van der Waals surface area contributed by atoms with Crippen molar-refractivity contribution in [2.45, 2.75) is 30.9 Å². The summed E-state index contributed by atoms with van der Waals surface area (Å²) in [5, 5.41) is 2.55. The highest BCUT2D eigenvalue weighted by Gasteiger charge is 2.52. The highest BCUT2D eigenvalue weighted by atomic mass is 19.4. The maximum Gasteiger partial charge on any atom is 0.416 e. The number of ether oxygens (including phenoxy) is 2. The summed E-state index contributed by atoms with van der Waals surface area (Å²) in [5.74, 6) is -1.35. The van der Waals surface area contributed by atoms with Gasteiger partial charge in [0.1, 0.15) is 5.82 Å². The molecule has 4 rings (SSSR count). The molecular formula is C26H26F7N3O4. The van der Waals surface area contributed by atoms with Crippen LogP contribution in [-0.2, 0) is 38.8 Å². The molecule has 0 bridgehead atoms. The lowest BCUT2D eigenvalue weighted by Crippen LogP contribution is -2.48. The minimum atomic E-state index is -5.04. The molecule has 1 unspecified atom stereocenters. The van der Waals surface area contributed by atoms with E-state index in [1.54, 1.807) is 0 Å². The van der Waals surface area contributed by atoms with E-state index in [1.807, 2.05) is 0 Å². The number of hydrogen-bond acceptors (Lipinski definition) is 5. The minimum Gasteiger partial charge on any atom is -0.379 e. The van der Waals surface area contributed by atoms with Crippen LogP contribution in [0.5, 0.6) is 0 Å². The van der Waals surface area contributed by atoms with Crippen LogP contribution in [0.1, 0.15) is 28.7 Å². The molecule has 1 atom stereocenters. The number of carbonyl (C=O) groups excluding carboxylic acids is 2. The second-order valence-corrected chi connectivity index (χ2v) is 9.51. The largest absolute Gasteiger partial charge is 0.416 e. The number of halogens is 7. The van der Waals surface area contributed by atoms with Crippen LogP contribution in [0.2, 0.25) is 0 Å². The van der Waals surface area contributed by atoms with Crippen molar-refractivity contribution >= 4 is 11.9 Å². The Kier molecular flexibility index (Phi) is 8.71. The smallest absolute Gasteiger partial charge is 0.379 e. The predicted octanol–water partition coefficient (Wildman–Crippen LogP) is 4.55. The van der Waals surface area contributed by atoms with E-state index in [9.17, 15) is 40.3 Å². The van der Waals surface area contributed by atoms with Gasteiger partial charge in [0.15, 0.2) is 5.54 Å². The van der Waals surface area contributed by atoms with Crippen molar-refractivity contribution in [3.05, 3.63) is 70.5 Å². The van der Waals surface area contributed by atoms with Crippen molar-refractivity contribution in [1.82, 2.24) is 15.1 Å². The molecule has 0 spiro atoms. The van der Waals surface area contributed by atoms with Crippen molar-refractivity contribution in [3.8, 4) is 0 Å². The maximum absolute atomic E-state index is 13.6. The first-order valence-electron chi connectivity index (χ1n) is 12.4. The molecule has 1 N–H and O–H groups in total. The van der Waals surface area contributed by atoms with Crippen LogP contribution in [0, 0.1) is 5.82 Å². The average Bonchev–Trinajstić information content (AvgIpc) is 3.13. The fourth-order valence-corrected chi connectivity index (χ4v) is 4.64. The van der Waals surface area contributed by atoms with Crippen LogP contribution in [0.3, 0.4) is 0 Å². The third-order valence-corrected chi connectivity index (χ3v) is 6.71. The number of hydrogen-bond donors (Lipinski definition) is 1. The van der Waals surface area contributed by atoms with Crippen LogP contribution >= 0.6 is 0 Å². The summed E-state index contributed by atoms with van der Waals surface area (Å²) in [7, 11) is 0. The summed E-state index contributed by atoms with van der Waals surface area (Å²) < 4.78 is 104. The van der Waals surface area contributed by atoms with Crippen molar-refractivity contribution in [2.24, 2.45) is 0 Å². The van der Waals surface area contributed by atoms with Crippen LogP contribution < -0.4 is 5.32 Å². The van der Waals surface area contributed by atoms with E-state index in [2.05, 4.69) is 10.2 Å². The summed E-state index contributed by atoms with van der Waals surface area (Å²) in [4.78, 5) is 29.5. The molecule has 2 aromatic rings. The number of alkyl halides is 6. The Morgan fingerprint density at radius 2 is 1.50 bits per heavy atom. The zero-order chi connectivity index (χ0) is 29.1. The number of morpholine rings is 1. The molecule has 3 amide bonds. The third-order valence-electron chi connectivity index (χ3n) is 6.71. The number of carbonyl (C=O) groups is 2. The van der Waals surface area contributed by atoms with E-state index >= 15 is 0 Å². The second kappa shape index (κ2) is 11.7. The summed E-state index contributed by atoms with van der Waals surface area (Å²) in [5.41, 5.74) is -5.17. The fourth-order valence-electron chi connectivity index (χ4n) is 4.64. The summed E-state index contributed by atoms with van der Waals surface area (Å²) in [6, 6.07) is 4.90. The Morgan fingerprint density at radius 1 is 0.900 bits per heavy atom. The zero-order valence-electron chi connectivity index (χ0n) is 21.1. The van der Waals surface area contributed by atoms with Crippen LogP contribution in [-0.4, -0.2) is 67.7 Å². The fraction of sp³-hybridized carbons (Fsp3) is 0.462. The number of nitrogens with one attached hydrogen (secondary N) is 1. The van der Waals surface area contributed by atoms with E-state index in [1.165, 1.54) is 12.1 Å². The Morgan fingerprint density at radius 3 is 2.08 bits per heavy atom. The standard InChI is InChI=1S/C26H26F7N3O4/c27-21-4-2-18(3-5-21)24(22(37)36(23(38)34-24)7-1-6-35-8-10-39-11-9-35)16-40-15-17-12-19(25(28,29)30)14-20(13-17)26(31,32)33/h2-5,12-14H,1,6-11,15-16H2,(H,34,38). The van der Waals surface area contributed by atoms with E-state index in [4.69, 9.17) is 9.47 Å². The molecule has 2 saturated heterocycles. The molecule has 0 radical (unpaired) electrons. The lowest BCUT2D eigenvalue weighted by Gasteiger charge is -2.28. The monoisotopic (exact) mass is 577 g/mol. The summed E-state index contributed by atoms with van der Waals surface area (Å²) in [6.07, 6.45) is -9.63. The Bertz CT molecular complexity index is 1180. The predicted molar refractivity (Wildman–Crippen MR) is 126 cm³/mol. The van der Waals surface area contributed by atoms with Gasteiger partial charge < -0.3 is 14.8 Å². The number of imide groups is 1. The van der Waals surface area contributed by atoms with Gasteiger partial charge in [-0.1, -0.05) is 12.1 Å². The van der Waals surface area contributed by atoms with Gasteiger partial charge in [0, 0.05) is 26.2 Å². The normalized spacial score (nSPS) is 20.7. The van der Waals surface area contributed by atoms with Gasteiger partial charge >= 0.3 is 18.4 Å². The van der Waals surface area contributed by atoms with Gasteiger partial charge in [0.05, 0.1) is 37.6 Å². The van der Waals surface area contributed by atoms with Gasteiger partial charge in [-0.05, 0) is 47.9 Å². The number of urea groups is 1. The SMILES string of the molecule is O=C1NC(COCc2cc(C(F)(F)F)cc(C(F)(F)F)c2)(c2ccc(F)cc2)C(=O)N1CCCN1CCOCC1. The Labute approximate surface area is 224 Å². The second-order valence-electron chi connectivity index (χ2n) is 9.51. The number of benzene rings is 2. The molecule has 14 heteroatoms. The molecule has 7 nitrogen and oxygen atoms in total. The number of amides is 3. The molecule has 2 fully saturated rings. The average molecular weight is 577 g/mol. The van der Waals surface area contributed by atoms with Gasteiger partial charge in [-0.15, -0.1) is 0 Å². The first-order valence-corrected chi connectivity index (χ1v) is 12.4. The highest BCUT2D eigenvalue weighted by molar-refractivity contribution is 6.07.